The number of aromatic nitrogens is 4. The molecule has 2 aromatic rings. The van der Waals surface area contributed by atoms with Crippen molar-refractivity contribution in [3.63, 3.8) is 0 Å². The maximum absolute atomic E-state index is 11.9. The van der Waals surface area contributed by atoms with Crippen molar-refractivity contribution in [2.75, 3.05) is 20.1 Å². The Bertz CT molecular complexity index is 652. The molecule has 0 atom stereocenters. The van der Waals surface area contributed by atoms with E-state index in [1.54, 1.807) is 6.07 Å². The number of nitrogens with zero attached hydrogens (tertiary/aromatic N) is 4. The van der Waals surface area contributed by atoms with Crippen molar-refractivity contribution in [3.8, 4) is 0 Å². The second kappa shape index (κ2) is 4.99. The Balaban J connectivity index is 1.73. The molecule has 0 aromatic carbocycles. The molecule has 1 saturated heterocycles. The van der Waals surface area contributed by atoms with E-state index >= 15 is 0 Å². The fourth-order valence-corrected chi connectivity index (χ4v) is 2.63. The van der Waals surface area contributed by atoms with Crippen molar-refractivity contribution in [3.05, 3.63) is 28.4 Å². The van der Waals surface area contributed by atoms with Gasteiger partial charge < -0.3 is 5.32 Å². The smallest absolute Gasteiger partial charge is 0.274 e. The number of hydrogen-bond acceptors (Lipinski definition) is 5. The van der Waals surface area contributed by atoms with Gasteiger partial charge in [0.05, 0.1) is 5.69 Å². The van der Waals surface area contributed by atoms with Crippen molar-refractivity contribution in [1.29, 1.82) is 0 Å². The minimum absolute atomic E-state index is 0.112. The van der Waals surface area contributed by atoms with Crippen LogP contribution in [0.15, 0.2) is 17.2 Å². The van der Waals surface area contributed by atoms with Crippen LogP contribution in [0.5, 0.6) is 0 Å². The molecule has 0 spiro atoms. The maximum atomic E-state index is 11.9. The molecule has 2 N–H and O–H groups in total. The van der Waals surface area contributed by atoms with Gasteiger partial charge in [0.15, 0.2) is 0 Å². The van der Waals surface area contributed by atoms with E-state index in [2.05, 4.69) is 32.2 Å². The van der Waals surface area contributed by atoms with Gasteiger partial charge in [-0.15, -0.1) is 0 Å². The zero-order valence-electron chi connectivity index (χ0n) is 11.9. The summed E-state index contributed by atoms with van der Waals surface area (Å²) in [6, 6.07) is 1.58. The van der Waals surface area contributed by atoms with Crippen LogP contribution in [-0.2, 0) is 6.54 Å². The fourth-order valence-electron chi connectivity index (χ4n) is 2.63. The van der Waals surface area contributed by atoms with Gasteiger partial charge in [-0.1, -0.05) is 0 Å². The summed E-state index contributed by atoms with van der Waals surface area (Å²) in [6.45, 7) is 4.99. The molecule has 1 aliphatic heterocycles. The van der Waals surface area contributed by atoms with E-state index in [0.717, 1.165) is 31.6 Å². The molecule has 0 aliphatic carbocycles. The molecule has 3 rings (SSSR count). The summed E-state index contributed by atoms with van der Waals surface area (Å²) < 4.78 is 1.35. The summed E-state index contributed by atoms with van der Waals surface area (Å²) in [7, 11) is 2.02. The topological polar surface area (TPSA) is 78.3 Å². The minimum atomic E-state index is -0.112. The van der Waals surface area contributed by atoms with Gasteiger partial charge >= 0.3 is 0 Å². The van der Waals surface area contributed by atoms with Crippen LogP contribution in [0.3, 0.4) is 0 Å². The molecular weight excluding hydrogens is 256 g/mol. The lowest BCUT2D eigenvalue weighted by Crippen LogP contribution is -2.49. The molecule has 7 heteroatoms. The number of piperidine rings is 1. The van der Waals surface area contributed by atoms with Crippen molar-refractivity contribution in [1.82, 2.24) is 29.8 Å². The van der Waals surface area contributed by atoms with Crippen molar-refractivity contribution >= 4 is 5.78 Å². The summed E-state index contributed by atoms with van der Waals surface area (Å²) in [5.41, 5.74) is 0.907. The van der Waals surface area contributed by atoms with Gasteiger partial charge in [-0.25, -0.2) is 9.97 Å². The van der Waals surface area contributed by atoms with Crippen LogP contribution in [0, 0.1) is 0 Å². The number of H-pyrrole nitrogens is 1. The highest BCUT2D eigenvalue weighted by atomic mass is 16.1. The first-order valence-corrected chi connectivity index (χ1v) is 6.93. The Morgan fingerprint density at radius 3 is 2.90 bits per heavy atom. The molecule has 0 unspecified atom stereocenters. The summed E-state index contributed by atoms with van der Waals surface area (Å²) in [6.07, 6.45) is 3.69. The van der Waals surface area contributed by atoms with Crippen molar-refractivity contribution in [2.24, 2.45) is 0 Å². The first kappa shape index (κ1) is 13.3. The average Bonchev–Trinajstić information content (AvgIpc) is 2.91. The van der Waals surface area contributed by atoms with Gasteiger partial charge in [0.2, 0.25) is 0 Å². The maximum Gasteiger partial charge on any atom is 0.274 e. The molecule has 1 aliphatic rings. The number of fused-ring (bicyclic) bond motifs is 1. The van der Waals surface area contributed by atoms with Crippen LogP contribution in [0.1, 0.15) is 25.5 Å². The number of rotatable bonds is 3. The highest BCUT2D eigenvalue weighted by Crippen LogP contribution is 2.21. The molecule has 2 aromatic heterocycles. The number of hydrogen-bond donors (Lipinski definition) is 2. The molecule has 0 saturated carbocycles. The van der Waals surface area contributed by atoms with Crippen LogP contribution < -0.4 is 10.9 Å². The SMILES string of the molecule is CNC1(C)CCN(Cc2cc(=O)n3[nH]cnc3n2)CC1. The largest absolute Gasteiger partial charge is 0.314 e. The second-order valence-electron chi connectivity index (χ2n) is 5.70. The monoisotopic (exact) mass is 276 g/mol. The first-order valence-electron chi connectivity index (χ1n) is 6.93. The van der Waals surface area contributed by atoms with Gasteiger partial charge in [-0.2, -0.15) is 4.52 Å². The van der Waals surface area contributed by atoms with Gasteiger partial charge in [0, 0.05) is 31.2 Å². The van der Waals surface area contributed by atoms with E-state index in [9.17, 15) is 4.79 Å². The third-order valence-electron chi connectivity index (χ3n) is 4.27. The van der Waals surface area contributed by atoms with E-state index in [0.29, 0.717) is 12.3 Å². The Morgan fingerprint density at radius 2 is 2.20 bits per heavy atom. The highest BCUT2D eigenvalue weighted by molar-refractivity contribution is 5.25. The van der Waals surface area contributed by atoms with Crippen LogP contribution >= 0.6 is 0 Å². The second-order valence-corrected chi connectivity index (χ2v) is 5.70. The Labute approximate surface area is 117 Å². The molecule has 0 amide bonds. The van der Waals surface area contributed by atoms with E-state index in [1.807, 2.05) is 7.05 Å². The molecule has 0 bridgehead atoms. The summed E-state index contributed by atoms with van der Waals surface area (Å²) >= 11 is 0. The molecule has 1 fully saturated rings. The lowest BCUT2D eigenvalue weighted by Gasteiger charge is -2.39. The standard InChI is InChI=1S/C13H20N6O/c1-13(14-2)3-5-18(6-4-13)8-10-7-11(20)19-12(17-10)15-9-16-19/h7,9,14H,3-6,8H2,1-2H3,(H,15,16,17). The Hall–Kier alpha value is -1.73. The highest BCUT2D eigenvalue weighted by Gasteiger charge is 2.28. The molecular formula is C13H20N6O. The van der Waals surface area contributed by atoms with Crippen LogP contribution in [-0.4, -0.2) is 50.2 Å². The normalized spacial score (nSPS) is 19.5. The summed E-state index contributed by atoms with van der Waals surface area (Å²) in [5, 5.41) is 6.13. The van der Waals surface area contributed by atoms with Gasteiger partial charge in [0.25, 0.3) is 11.3 Å². The van der Waals surface area contributed by atoms with Gasteiger partial charge in [0.1, 0.15) is 6.33 Å². The predicted octanol–water partition coefficient (Wildman–Crippen LogP) is -0.00850. The number of nitrogens with one attached hydrogen (secondary N) is 2. The van der Waals surface area contributed by atoms with E-state index in [4.69, 9.17) is 0 Å². The average molecular weight is 276 g/mol. The van der Waals surface area contributed by atoms with E-state index < -0.39 is 0 Å². The van der Waals surface area contributed by atoms with Crippen LogP contribution in [0.4, 0.5) is 0 Å². The van der Waals surface area contributed by atoms with E-state index in [1.165, 1.54) is 10.8 Å². The van der Waals surface area contributed by atoms with Crippen LogP contribution in [0.2, 0.25) is 0 Å². The van der Waals surface area contributed by atoms with Gasteiger partial charge in [-0.3, -0.25) is 14.8 Å². The minimum Gasteiger partial charge on any atom is -0.314 e. The van der Waals surface area contributed by atoms with Crippen LogP contribution in [0.25, 0.3) is 5.78 Å². The third-order valence-corrected chi connectivity index (χ3v) is 4.27. The fraction of sp³-hybridized carbons (Fsp3) is 0.615. The lowest BCUT2D eigenvalue weighted by atomic mass is 9.90. The first-order chi connectivity index (χ1) is 9.59. The summed E-state index contributed by atoms with van der Waals surface area (Å²) in [4.78, 5) is 22.7. The molecule has 0 radical (unpaired) electrons. The quantitative estimate of drug-likeness (QED) is 0.824. The number of likely N-dealkylation sites (tertiary alicyclic amines) is 1. The zero-order chi connectivity index (χ0) is 14.2. The third kappa shape index (κ3) is 2.46. The van der Waals surface area contributed by atoms with E-state index in [-0.39, 0.29) is 11.1 Å². The lowest BCUT2D eigenvalue weighted by molar-refractivity contribution is 0.145. The van der Waals surface area contributed by atoms with Crippen molar-refractivity contribution in [2.45, 2.75) is 31.8 Å². The molecule has 3 heterocycles. The van der Waals surface area contributed by atoms with Crippen molar-refractivity contribution < 1.29 is 0 Å². The Morgan fingerprint density at radius 1 is 1.45 bits per heavy atom. The molecule has 7 nitrogen and oxygen atoms in total. The molecule has 20 heavy (non-hydrogen) atoms. The van der Waals surface area contributed by atoms with Gasteiger partial charge in [-0.05, 0) is 26.8 Å². The predicted molar refractivity (Wildman–Crippen MR) is 75.6 cm³/mol. The zero-order valence-corrected chi connectivity index (χ0v) is 11.9. The summed E-state index contributed by atoms with van der Waals surface area (Å²) in [5.74, 6) is 0.435. The molecule has 108 valence electrons. The Kier molecular flexibility index (Phi) is 3.31. The number of aromatic amines is 1.